The van der Waals surface area contributed by atoms with Crippen LogP contribution in [0, 0.1) is 0 Å². The van der Waals surface area contributed by atoms with Crippen LogP contribution < -0.4 is 20.9 Å². The molecule has 152 valence electrons. The van der Waals surface area contributed by atoms with Gasteiger partial charge in [-0.05, 0) is 37.7 Å². The lowest BCUT2D eigenvalue weighted by atomic mass is 10.1. The van der Waals surface area contributed by atoms with E-state index >= 15 is 0 Å². The van der Waals surface area contributed by atoms with E-state index in [0.29, 0.717) is 24.3 Å². The van der Waals surface area contributed by atoms with Crippen LogP contribution >= 0.6 is 0 Å². The van der Waals surface area contributed by atoms with Gasteiger partial charge in [0.2, 0.25) is 0 Å². The number of anilines is 2. The molecule has 0 aliphatic rings. The maximum absolute atomic E-state index is 12.7. The van der Waals surface area contributed by atoms with Crippen LogP contribution in [0.3, 0.4) is 0 Å². The Balaban J connectivity index is 2.80. The molecule has 0 spiro atoms. The van der Waals surface area contributed by atoms with Crippen molar-refractivity contribution in [2.24, 2.45) is 0 Å². The number of hydrogen-bond acceptors (Lipinski definition) is 4. The van der Waals surface area contributed by atoms with E-state index in [9.17, 15) is 9.59 Å². The van der Waals surface area contributed by atoms with Crippen LogP contribution in [-0.4, -0.2) is 63.7 Å². The number of nitrogens with one attached hydrogen (secondary N) is 3. The molecule has 0 aliphatic heterocycles. The molecule has 3 amide bonds. The van der Waals surface area contributed by atoms with Crippen LogP contribution in [0.25, 0.3) is 0 Å². The summed E-state index contributed by atoms with van der Waals surface area (Å²) in [6.07, 6.45) is 1.96. The minimum Gasteiger partial charge on any atom is -0.377 e. The third kappa shape index (κ3) is 7.86. The van der Waals surface area contributed by atoms with Crippen molar-refractivity contribution in [2.45, 2.75) is 33.6 Å². The lowest BCUT2D eigenvalue weighted by Gasteiger charge is -2.20. The molecule has 3 N–H and O–H groups in total. The van der Waals surface area contributed by atoms with Crippen molar-refractivity contribution in [3.05, 3.63) is 23.8 Å². The van der Waals surface area contributed by atoms with Gasteiger partial charge in [-0.15, -0.1) is 0 Å². The van der Waals surface area contributed by atoms with Crippen molar-refractivity contribution < 1.29 is 9.59 Å². The van der Waals surface area contributed by atoms with Crippen LogP contribution in [0.5, 0.6) is 0 Å². The number of likely N-dealkylation sites (N-methyl/N-ethyl adjacent to an activating group) is 1. The van der Waals surface area contributed by atoms with Gasteiger partial charge in [0.15, 0.2) is 0 Å². The Bertz CT molecular complexity index is 600. The highest BCUT2D eigenvalue weighted by atomic mass is 16.2. The van der Waals surface area contributed by atoms with Gasteiger partial charge in [-0.2, -0.15) is 0 Å². The maximum atomic E-state index is 12.7. The molecular formula is C20H35N5O2. The summed E-state index contributed by atoms with van der Waals surface area (Å²) < 4.78 is 0. The molecule has 1 aromatic rings. The summed E-state index contributed by atoms with van der Waals surface area (Å²) in [6.45, 7) is 10.2. The third-order valence-corrected chi connectivity index (χ3v) is 4.40. The van der Waals surface area contributed by atoms with E-state index < -0.39 is 0 Å². The zero-order chi connectivity index (χ0) is 20.2. The first-order valence-corrected chi connectivity index (χ1v) is 9.79. The number of carbonyl (C=O) groups is 2. The fourth-order valence-electron chi connectivity index (χ4n) is 2.70. The fraction of sp³-hybridized carbons (Fsp3) is 0.600. The Labute approximate surface area is 163 Å². The summed E-state index contributed by atoms with van der Waals surface area (Å²) in [5.41, 5.74) is 1.96. The standard InChI is InChI=1S/C20H35N5O2/c1-6-9-12-22-20(27)23-16-10-11-18(24(4)5)17(15-16)19(26)21-13-14-25(7-2)8-3/h10-11,15H,6-9,12-14H2,1-5H3,(H,21,26)(H2,22,23,27). The number of nitrogens with zero attached hydrogens (tertiary/aromatic N) is 2. The maximum Gasteiger partial charge on any atom is 0.319 e. The van der Waals surface area contributed by atoms with Gasteiger partial charge in [0.25, 0.3) is 5.91 Å². The van der Waals surface area contributed by atoms with Crippen molar-refractivity contribution in [3.8, 4) is 0 Å². The van der Waals surface area contributed by atoms with Gasteiger partial charge < -0.3 is 25.8 Å². The molecule has 27 heavy (non-hydrogen) atoms. The molecule has 0 unspecified atom stereocenters. The number of benzene rings is 1. The first-order chi connectivity index (χ1) is 12.9. The fourth-order valence-corrected chi connectivity index (χ4v) is 2.70. The Morgan fingerprint density at radius 1 is 1.00 bits per heavy atom. The van der Waals surface area contributed by atoms with Gasteiger partial charge in [0, 0.05) is 45.1 Å². The molecular weight excluding hydrogens is 342 g/mol. The van der Waals surface area contributed by atoms with Gasteiger partial charge in [0.1, 0.15) is 0 Å². The molecule has 0 saturated carbocycles. The average molecular weight is 378 g/mol. The highest BCUT2D eigenvalue weighted by Gasteiger charge is 2.15. The second-order valence-electron chi connectivity index (χ2n) is 6.64. The lowest BCUT2D eigenvalue weighted by Crippen LogP contribution is -2.35. The van der Waals surface area contributed by atoms with Crippen LogP contribution in [0.2, 0.25) is 0 Å². The van der Waals surface area contributed by atoms with E-state index in [-0.39, 0.29) is 11.9 Å². The largest absolute Gasteiger partial charge is 0.377 e. The quantitative estimate of drug-likeness (QED) is 0.518. The minimum atomic E-state index is -0.256. The second kappa shape index (κ2) is 12.2. The smallest absolute Gasteiger partial charge is 0.319 e. The Morgan fingerprint density at radius 3 is 2.30 bits per heavy atom. The molecule has 0 fully saturated rings. The summed E-state index contributed by atoms with van der Waals surface area (Å²) in [5, 5.41) is 8.59. The van der Waals surface area contributed by atoms with Crippen molar-refractivity contribution in [1.29, 1.82) is 0 Å². The molecule has 1 aromatic carbocycles. The van der Waals surface area contributed by atoms with Gasteiger partial charge in [-0.25, -0.2) is 4.79 Å². The predicted molar refractivity (Wildman–Crippen MR) is 113 cm³/mol. The summed E-state index contributed by atoms with van der Waals surface area (Å²) in [6, 6.07) is 5.12. The number of rotatable bonds is 11. The number of carbonyl (C=O) groups excluding carboxylic acids is 2. The van der Waals surface area contributed by atoms with Crippen molar-refractivity contribution >= 4 is 23.3 Å². The Hall–Kier alpha value is -2.28. The van der Waals surface area contributed by atoms with Crippen LogP contribution in [-0.2, 0) is 0 Å². The van der Waals surface area contributed by atoms with Gasteiger partial charge in [0.05, 0.1) is 5.56 Å². The molecule has 0 radical (unpaired) electrons. The van der Waals surface area contributed by atoms with Crippen LogP contribution in [0.4, 0.5) is 16.2 Å². The second-order valence-corrected chi connectivity index (χ2v) is 6.64. The summed E-state index contributed by atoms with van der Waals surface area (Å²) in [4.78, 5) is 28.8. The lowest BCUT2D eigenvalue weighted by molar-refractivity contribution is 0.0949. The normalized spacial score (nSPS) is 10.6. The zero-order valence-corrected chi connectivity index (χ0v) is 17.4. The molecule has 0 aromatic heterocycles. The number of unbranched alkanes of at least 4 members (excludes halogenated alkanes) is 1. The molecule has 7 heteroatoms. The number of hydrogen-bond donors (Lipinski definition) is 3. The molecule has 0 aliphatic carbocycles. The number of urea groups is 1. The van der Waals surface area contributed by atoms with E-state index in [4.69, 9.17) is 0 Å². The van der Waals surface area contributed by atoms with Gasteiger partial charge >= 0.3 is 6.03 Å². The molecule has 1 rings (SSSR count). The zero-order valence-electron chi connectivity index (χ0n) is 17.4. The summed E-state index contributed by atoms with van der Waals surface area (Å²) in [5.74, 6) is -0.138. The highest BCUT2D eigenvalue weighted by molar-refractivity contribution is 6.01. The predicted octanol–water partition coefficient (Wildman–Crippen LogP) is 2.75. The first kappa shape index (κ1) is 22.8. The molecule has 0 atom stereocenters. The first-order valence-electron chi connectivity index (χ1n) is 9.79. The van der Waals surface area contributed by atoms with Gasteiger partial charge in [-0.3, -0.25) is 4.79 Å². The molecule has 0 bridgehead atoms. The van der Waals surface area contributed by atoms with Crippen molar-refractivity contribution in [3.63, 3.8) is 0 Å². The number of amides is 3. The highest BCUT2D eigenvalue weighted by Crippen LogP contribution is 2.23. The minimum absolute atomic E-state index is 0.138. The van der Waals surface area contributed by atoms with Crippen molar-refractivity contribution in [1.82, 2.24) is 15.5 Å². The van der Waals surface area contributed by atoms with E-state index in [1.54, 1.807) is 12.1 Å². The average Bonchev–Trinajstić information content (AvgIpc) is 2.65. The van der Waals surface area contributed by atoms with Gasteiger partial charge in [-0.1, -0.05) is 27.2 Å². The van der Waals surface area contributed by atoms with Crippen LogP contribution in [0.15, 0.2) is 18.2 Å². The molecule has 0 heterocycles. The molecule has 7 nitrogen and oxygen atoms in total. The van der Waals surface area contributed by atoms with E-state index in [1.165, 1.54) is 0 Å². The summed E-state index contributed by atoms with van der Waals surface area (Å²) >= 11 is 0. The van der Waals surface area contributed by atoms with Crippen LogP contribution in [0.1, 0.15) is 44.0 Å². The van der Waals surface area contributed by atoms with E-state index in [1.807, 2.05) is 25.1 Å². The SMILES string of the molecule is CCCCNC(=O)Nc1ccc(N(C)C)c(C(=O)NCCN(CC)CC)c1. The topological polar surface area (TPSA) is 76.7 Å². The van der Waals surface area contributed by atoms with Crippen molar-refractivity contribution in [2.75, 3.05) is 57.0 Å². The van der Waals surface area contributed by atoms with E-state index in [0.717, 1.165) is 38.2 Å². The molecule has 0 saturated heterocycles. The summed E-state index contributed by atoms with van der Waals surface area (Å²) in [7, 11) is 3.79. The third-order valence-electron chi connectivity index (χ3n) is 4.40. The monoisotopic (exact) mass is 377 g/mol. The Morgan fingerprint density at radius 2 is 1.70 bits per heavy atom. The Kier molecular flexibility index (Phi) is 10.3. The van der Waals surface area contributed by atoms with E-state index in [2.05, 4.69) is 41.6 Å².